The fourth-order valence-corrected chi connectivity index (χ4v) is 2.04. The zero-order valence-electron chi connectivity index (χ0n) is 9.67. The summed E-state index contributed by atoms with van der Waals surface area (Å²) in [6.45, 7) is 4.62. The van der Waals surface area contributed by atoms with Crippen molar-refractivity contribution >= 4 is 5.97 Å². The summed E-state index contributed by atoms with van der Waals surface area (Å²) >= 11 is 0. The number of hydrogen-bond acceptors (Lipinski definition) is 4. The Morgan fingerprint density at radius 1 is 1.53 bits per heavy atom. The second-order valence-corrected chi connectivity index (χ2v) is 4.02. The Hall–Kier alpha value is -0.610. The summed E-state index contributed by atoms with van der Waals surface area (Å²) in [7, 11) is 1.66. The number of nitrogens with one attached hydrogen (secondary N) is 1. The van der Waals surface area contributed by atoms with Crippen LogP contribution in [0.15, 0.2) is 0 Å². The van der Waals surface area contributed by atoms with E-state index in [1.54, 1.807) is 7.11 Å². The summed E-state index contributed by atoms with van der Waals surface area (Å²) in [6.07, 6.45) is 2.68. The van der Waals surface area contributed by atoms with Crippen molar-refractivity contribution in [3.8, 4) is 0 Å². The smallest absolute Gasteiger partial charge is 0.313 e. The van der Waals surface area contributed by atoms with Crippen molar-refractivity contribution in [1.82, 2.24) is 5.32 Å². The van der Waals surface area contributed by atoms with Gasteiger partial charge in [0.15, 0.2) is 0 Å². The molecule has 0 spiro atoms. The van der Waals surface area contributed by atoms with Crippen molar-refractivity contribution in [3.63, 3.8) is 0 Å². The molecule has 1 saturated heterocycles. The van der Waals surface area contributed by atoms with Crippen molar-refractivity contribution in [2.45, 2.75) is 26.2 Å². The normalized spacial score (nSPS) is 26.3. The third kappa shape index (κ3) is 3.18. The van der Waals surface area contributed by atoms with Gasteiger partial charge in [-0.15, -0.1) is 0 Å². The molecule has 15 heavy (non-hydrogen) atoms. The van der Waals surface area contributed by atoms with Crippen LogP contribution >= 0.6 is 0 Å². The van der Waals surface area contributed by atoms with Gasteiger partial charge in [-0.2, -0.15) is 0 Å². The number of methoxy groups -OCH3 is 1. The monoisotopic (exact) mass is 215 g/mol. The molecule has 1 atom stereocenters. The molecule has 0 aliphatic carbocycles. The number of esters is 1. The summed E-state index contributed by atoms with van der Waals surface area (Å²) in [4.78, 5) is 11.9. The van der Waals surface area contributed by atoms with Crippen LogP contribution in [-0.2, 0) is 14.3 Å². The first-order chi connectivity index (χ1) is 7.25. The first-order valence-corrected chi connectivity index (χ1v) is 5.62. The van der Waals surface area contributed by atoms with Gasteiger partial charge in [0, 0.05) is 20.3 Å². The Morgan fingerprint density at radius 2 is 2.33 bits per heavy atom. The van der Waals surface area contributed by atoms with Gasteiger partial charge in [0.25, 0.3) is 0 Å². The van der Waals surface area contributed by atoms with Crippen molar-refractivity contribution in [2.75, 3.05) is 33.4 Å². The zero-order valence-corrected chi connectivity index (χ0v) is 9.67. The summed E-state index contributed by atoms with van der Waals surface area (Å²) < 4.78 is 10.2. The molecule has 0 bridgehead atoms. The van der Waals surface area contributed by atoms with E-state index >= 15 is 0 Å². The van der Waals surface area contributed by atoms with Crippen LogP contribution in [0.4, 0.5) is 0 Å². The number of hydrogen-bond donors (Lipinski definition) is 1. The number of rotatable bonds is 5. The number of piperidine rings is 1. The topological polar surface area (TPSA) is 47.6 Å². The van der Waals surface area contributed by atoms with Crippen LogP contribution in [0.2, 0.25) is 0 Å². The molecule has 0 aromatic rings. The molecule has 1 unspecified atom stereocenters. The zero-order chi connectivity index (χ0) is 11.1. The fourth-order valence-electron chi connectivity index (χ4n) is 2.04. The quantitative estimate of drug-likeness (QED) is 0.694. The molecule has 0 amide bonds. The van der Waals surface area contributed by atoms with Crippen LogP contribution in [0, 0.1) is 5.41 Å². The van der Waals surface area contributed by atoms with Crippen LogP contribution in [0.5, 0.6) is 0 Å². The second-order valence-electron chi connectivity index (χ2n) is 4.02. The van der Waals surface area contributed by atoms with Gasteiger partial charge in [0.2, 0.25) is 0 Å². The second kappa shape index (κ2) is 6.08. The van der Waals surface area contributed by atoms with E-state index in [0.29, 0.717) is 13.2 Å². The average Bonchev–Trinajstić information content (AvgIpc) is 2.28. The van der Waals surface area contributed by atoms with Crippen molar-refractivity contribution < 1.29 is 14.3 Å². The minimum atomic E-state index is -0.357. The number of ether oxygens (including phenoxy) is 2. The third-order valence-corrected chi connectivity index (χ3v) is 2.97. The molecule has 0 aromatic heterocycles. The highest BCUT2D eigenvalue weighted by Gasteiger charge is 2.40. The SMILES string of the molecule is CCOC(=O)C1(CCOC)CCCNC1. The largest absolute Gasteiger partial charge is 0.466 e. The van der Waals surface area contributed by atoms with E-state index < -0.39 is 0 Å². The van der Waals surface area contributed by atoms with Gasteiger partial charge < -0.3 is 14.8 Å². The van der Waals surface area contributed by atoms with Gasteiger partial charge >= 0.3 is 5.97 Å². The fraction of sp³-hybridized carbons (Fsp3) is 0.909. The Morgan fingerprint density at radius 3 is 2.87 bits per heavy atom. The molecule has 1 N–H and O–H groups in total. The number of carbonyl (C=O) groups excluding carboxylic acids is 1. The Balaban J connectivity index is 2.61. The highest BCUT2D eigenvalue weighted by molar-refractivity contribution is 5.77. The minimum absolute atomic E-state index is 0.0748. The molecular formula is C11H21NO3. The lowest BCUT2D eigenvalue weighted by Gasteiger charge is -2.35. The molecule has 0 radical (unpaired) electrons. The summed E-state index contributed by atoms with van der Waals surface area (Å²) in [5.41, 5.74) is -0.357. The summed E-state index contributed by atoms with van der Waals surface area (Å²) in [6, 6.07) is 0. The predicted octanol–water partition coefficient (Wildman–Crippen LogP) is 0.956. The highest BCUT2D eigenvalue weighted by atomic mass is 16.5. The molecular weight excluding hydrogens is 194 g/mol. The minimum Gasteiger partial charge on any atom is -0.466 e. The molecule has 88 valence electrons. The van der Waals surface area contributed by atoms with E-state index in [1.807, 2.05) is 6.92 Å². The van der Waals surface area contributed by atoms with E-state index in [9.17, 15) is 4.79 Å². The third-order valence-electron chi connectivity index (χ3n) is 2.97. The van der Waals surface area contributed by atoms with Crippen molar-refractivity contribution in [1.29, 1.82) is 0 Å². The van der Waals surface area contributed by atoms with Gasteiger partial charge in [-0.1, -0.05) is 0 Å². The standard InChI is InChI=1S/C11H21NO3/c1-3-15-10(13)11(6-8-14-2)5-4-7-12-9-11/h12H,3-9H2,1-2H3. The lowest BCUT2D eigenvalue weighted by Crippen LogP contribution is -2.47. The van der Waals surface area contributed by atoms with E-state index in [4.69, 9.17) is 9.47 Å². The molecule has 1 rings (SSSR count). The molecule has 0 aromatic carbocycles. The number of carbonyl (C=O) groups is 1. The maximum absolute atomic E-state index is 11.9. The lowest BCUT2D eigenvalue weighted by atomic mass is 9.78. The molecule has 0 saturated carbocycles. The van der Waals surface area contributed by atoms with Gasteiger partial charge in [-0.05, 0) is 32.7 Å². The highest BCUT2D eigenvalue weighted by Crippen LogP contribution is 2.31. The van der Waals surface area contributed by atoms with E-state index in [2.05, 4.69) is 5.32 Å². The van der Waals surface area contributed by atoms with E-state index in [1.165, 1.54) is 0 Å². The molecule has 1 aliphatic rings. The summed E-state index contributed by atoms with van der Waals surface area (Å²) in [5.74, 6) is -0.0748. The molecule has 1 heterocycles. The molecule has 1 fully saturated rings. The molecule has 4 heteroatoms. The molecule has 4 nitrogen and oxygen atoms in total. The Bertz CT molecular complexity index is 200. The Labute approximate surface area is 91.3 Å². The van der Waals surface area contributed by atoms with Gasteiger partial charge in [0.1, 0.15) is 0 Å². The first kappa shape index (κ1) is 12.5. The lowest BCUT2D eigenvalue weighted by molar-refractivity contribution is -0.157. The van der Waals surface area contributed by atoms with Crippen LogP contribution in [0.3, 0.4) is 0 Å². The average molecular weight is 215 g/mol. The van der Waals surface area contributed by atoms with Gasteiger partial charge in [-0.3, -0.25) is 4.79 Å². The van der Waals surface area contributed by atoms with Crippen molar-refractivity contribution in [2.24, 2.45) is 5.41 Å². The van der Waals surface area contributed by atoms with Gasteiger partial charge in [0.05, 0.1) is 12.0 Å². The van der Waals surface area contributed by atoms with Gasteiger partial charge in [-0.25, -0.2) is 0 Å². The van der Waals surface area contributed by atoms with E-state index in [0.717, 1.165) is 32.4 Å². The molecule has 1 aliphatic heterocycles. The Kier molecular flexibility index (Phi) is 5.05. The van der Waals surface area contributed by atoms with Crippen molar-refractivity contribution in [3.05, 3.63) is 0 Å². The van der Waals surface area contributed by atoms with Crippen LogP contribution < -0.4 is 5.32 Å². The maximum Gasteiger partial charge on any atom is 0.313 e. The van der Waals surface area contributed by atoms with Crippen LogP contribution in [0.1, 0.15) is 26.2 Å². The van der Waals surface area contributed by atoms with Crippen LogP contribution in [0.25, 0.3) is 0 Å². The predicted molar refractivity (Wildman–Crippen MR) is 57.7 cm³/mol. The summed E-state index contributed by atoms with van der Waals surface area (Å²) in [5, 5.41) is 3.27. The maximum atomic E-state index is 11.9. The first-order valence-electron chi connectivity index (χ1n) is 5.62. The van der Waals surface area contributed by atoms with Crippen LogP contribution in [-0.4, -0.2) is 39.4 Å². The van der Waals surface area contributed by atoms with E-state index in [-0.39, 0.29) is 11.4 Å².